The Morgan fingerprint density at radius 1 is 1.04 bits per heavy atom. The first-order valence-electron chi connectivity index (χ1n) is 7.37. The molecule has 0 N–H and O–H groups in total. The summed E-state index contributed by atoms with van der Waals surface area (Å²) in [7, 11) is 0. The SMILES string of the molecule is O=C(c1ccccc1)c1onc2c(N3CCOCC3)ncnc12. The summed E-state index contributed by atoms with van der Waals surface area (Å²) in [6.07, 6.45) is 1.44. The molecule has 0 unspecified atom stereocenters. The Hall–Kier alpha value is -2.80. The monoisotopic (exact) mass is 310 g/mol. The number of ether oxygens (including phenoxy) is 1. The summed E-state index contributed by atoms with van der Waals surface area (Å²) >= 11 is 0. The number of fused-ring (bicyclic) bond motifs is 1. The Bertz CT molecular complexity index is 841. The van der Waals surface area contributed by atoms with Crippen molar-refractivity contribution >= 4 is 22.6 Å². The van der Waals surface area contributed by atoms with Crippen LogP contribution in [0.3, 0.4) is 0 Å². The molecular formula is C16H14N4O3. The number of hydrogen-bond donors (Lipinski definition) is 0. The van der Waals surface area contributed by atoms with Crippen molar-refractivity contribution in [1.82, 2.24) is 15.1 Å². The zero-order valence-corrected chi connectivity index (χ0v) is 12.3. The predicted molar refractivity (Wildman–Crippen MR) is 82.5 cm³/mol. The van der Waals surface area contributed by atoms with Crippen LogP contribution in [0.1, 0.15) is 16.1 Å². The smallest absolute Gasteiger partial charge is 0.233 e. The van der Waals surface area contributed by atoms with Crippen molar-refractivity contribution in [2.45, 2.75) is 0 Å². The van der Waals surface area contributed by atoms with E-state index in [1.54, 1.807) is 24.3 Å². The Labute approximate surface area is 131 Å². The molecule has 1 saturated heterocycles. The van der Waals surface area contributed by atoms with Crippen LogP contribution in [-0.4, -0.2) is 47.2 Å². The van der Waals surface area contributed by atoms with Crippen molar-refractivity contribution in [2.24, 2.45) is 0 Å². The maximum atomic E-state index is 12.6. The predicted octanol–water partition coefficient (Wildman–Crippen LogP) is 1.69. The molecule has 23 heavy (non-hydrogen) atoms. The minimum atomic E-state index is -0.236. The normalized spacial score (nSPS) is 15.0. The molecule has 0 atom stereocenters. The van der Waals surface area contributed by atoms with E-state index in [4.69, 9.17) is 9.26 Å². The van der Waals surface area contributed by atoms with Crippen LogP contribution in [0, 0.1) is 0 Å². The largest absolute Gasteiger partial charge is 0.378 e. The fourth-order valence-electron chi connectivity index (χ4n) is 2.63. The van der Waals surface area contributed by atoms with Crippen LogP contribution in [-0.2, 0) is 4.74 Å². The second-order valence-electron chi connectivity index (χ2n) is 5.20. The maximum Gasteiger partial charge on any atom is 0.233 e. The van der Waals surface area contributed by atoms with Crippen molar-refractivity contribution in [3.05, 3.63) is 48.0 Å². The molecule has 1 fully saturated rings. The lowest BCUT2D eigenvalue weighted by atomic mass is 10.1. The second kappa shape index (κ2) is 5.77. The van der Waals surface area contributed by atoms with E-state index in [1.165, 1.54) is 6.33 Å². The molecule has 3 heterocycles. The number of hydrogen-bond acceptors (Lipinski definition) is 7. The van der Waals surface area contributed by atoms with E-state index in [9.17, 15) is 4.79 Å². The average Bonchev–Trinajstić information content (AvgIpc) is 3.06. The number of aromatic nitrogens is 3. The molecule has 7 nitrogen and oxygen atoms in total. The highest BCUT2D eigenvalue weighted by atomic mass is 16.5. The number of carbonyl (C=O) groups excluding carboxylic acids is 1. The van der Waals surface area contributed by atoms with Crippen molar-refractivity contribution in [3.63, 3.8) is 0 Å². The van der Waals surface area contributed by atoms with Gasteiger partial charge in [-0.2, -0.15) is 0 Å². The summed E-state index contributed by atoms with van der Waals surface area (Å²) in [6.45, 7) is 2.72. The first-order valence-corrected chi connectivity index (χ1v) is 7.37. The van der Waals surface area contributed by atoms with Crippen molar-refractivity contribution in [2.75, 3.05) is 31.2 Å². The molecule has 116 valence electrons. The zero-order valence-electron chi connectivity index (χ0n) is 12.3. The standard InChI is InChI=1S/C16H14N4O3/c21-14(11-4-2-1-3-5-11)15-12-13(19-23-15)16(18-10-17-12)20-6-8-22-9-7-20/h1-5,10H,6-9H2. The van der Waals surface area contributed by atoms with Gasteiger partial charge in [-0.1, -0.05) is 35.5 Å². The highest BCUT2D eigenvalue weighted by molar-refractivity contribution is 6.13. The first kappa shape index (κ1) is 13.8. The van der Waals surface area contributed by atoms with E-state index in [0.717, 1.165) is 13.1 Å². The number of morpholine rings is 1. The number of ketones is 1. The molecule has 0 amide bonds. The molecule has 7 heteroatoms. The van der Waals surface area contributed by atoms with Gasteiger partial charge in [0.2, 0.25) is 11.5 Å². The maximum absolute atomic E-state index is 12.6. The number of benzene rings is 1. The van der Waals surface area contributed by atoms with Gasteiger partial charge in [0, 0.05) is 18.7 Å². The molecule has 0 bridgehead atoms. The molecule has 2 aromatic heterocycles. The summed E-state index contributed by atoms with van der Waals surface area (Å²) in [5, 5.41) is 4.04. The third-order valence-corrected chi connectivity index (χ3v) is 3.80. The summed E-state index contributed by atoms with van der Waals surface area (Å²) in [5.41, 5.74) is 1.49. The van der Waals surface area contributed by atoms with Gasteiger partial charge in [-0.05, 0) is 0 Å². The van der Waals surface area contributed by atoms with Crippen molar-refractivity contribution in [3.8, 4) is 0 Å². The molecule has 4 rings (SSSR count). The summed E-state index contributed by atoms with van der Waals surface area (Å²) < 4.78 is 10.7. The van der Waals surface area contributed by atoms with E-state index < -0.39 is 0 Å². The van der Waals surface area contributed by atoms with Gasteiger partial charge in [-0.3, -0.25) is 4.79 Å². The number of rotatable bonds is 3. The van der Waals surface area contributed by atoms with E-state index >= 15 is 0 Å². The van der Waals surface area contributed by atoms with Gasteiger partial charge in [-0.15, -0.1) is 0 Å². The fourth-order valence-corrected chi connectivity index (χ4v) is 2.63. The number of carbonyl (C=O) groups is 1. The Morgan fingerprint density at radius 2 is 1.83 bits per heavy atom. The van der Waals surface area contributed by atoms with Gasteiger partial charge in [0.25, 0.3) is 0 Å². The molecule has 1 aliphatic heterocycles. The quantitative estimate of drug-likeness (QED) is 0.681. The highest BCUT2D eigenvalue weighted by Gasteiger charge is 2.24. The van der Waals surface area contributed by atoms with Crippen LogP contribution < -0.4 is 4.90 Å². The van der Waals surface area contributed by atoms with Crippen LogP contribution >= 0.6 is 0 Å². The lowest BCUT2D eigenvalue weighted by Gasteiger charge is -2.27. The summed E-state index contributed by atoms with van der Waals surface area (Å²) in [4.78, 5) is 23.1. The highest BCUT2D eigenvalue weighted by Crippen LogP contribution is 2.26. The van der Waals surface area contributed by atoms with Gasteiger partial charge in [0.15, 0.2) is 11.3 Å². The number of anilines is 1. The topological polar surface area (TPSA) is 81.4 Å². The minimum absolute atomic E-state index is 0.142. The minimum Gasteiger partial charge on any atom is -0.378 e. The molecule has 1 aromatic carbocycles. The van der Waals surface area contributed by atoms with Gasteiger partial charge >= 0.3 is 0 Å². The van der Waals surface area contributed by atoms with Gasteiger partial charge in [-0.25, -0.2) is 9.97 Å². The third kappa shape index (κ3) is 2.44. The lowest BCUT2D eigenvalue weighted by Crippen LogP contribution is -2.36. The zero-order chi connectivity index (χ0) is 15.6. The Morgan fingerprint density at radius 3 is 2.61 bits per heavy atom. The molecule has 3 aromatic rings. The van der Waals surface area contributed by atoms with Crippen LogP contribution in [0.25, 0.3) is 11.0 Å². The van der Waals surface area contributed by atoms with Gasteiger partial charge in [0.1, 0.15) is 11.8 Å². The van der Waals surface area contributed by atoms with Crippen molar-refractivity contribution in [1.29, 1.82) is 0 Å². The van der Waals surface area contributed by atoms with E-state index in [-0.39, 0.29) is 11.5 Å². The van der Waals surface area contributed by atoms with Crippen LogP contribution in [0.5, 0.6) is 0 Å². The van der Waals surface area contributed by atoms with Crippen LogP contribution in [0.2, 0.25) is 0 Å². The molecule has 0 saturated carbocycles. The molecule has 0 spiro atoms. The van der Waals surface area contributed by atoms with E-state index in [1.807, 2.05) is 6.07 Å². The lowest BCUT2D eigenvalue weighted by molar-refractivity contribution is 0.100. The Kier molecular flexibility index (Phi) is 3.47. The molecule has 1 aliphatic rings. The Balaban J connectivity index is 1.77. The second-order valence-corrected chi connectivity index (χ2v) is 5.20. The fraction of sp³-hybridized carbons (Fsp3) is 0.250. The first-order chi connectivity index (χ1) is 11.3. The number of nitrogens with zero attached hydrogens (tertiary/aromatic N) is 4. The van der Waals surface area contributed by atoms with Gasteiger partial charge in [0.05, 0.1) is 13.2 Å². The molecular weight excluding hydrogens is 296 g/mol. The molecule has 0 radical (unpaired) electrons. The average molecular weight is 310 g/mol. The van der Waals surface area contributed by atoms with Crippen LogP contribution in [0.4, 0.5) is 5.82 Å². The third-order valence-electron chi connectivity index (χ3n) is 3.80. The van der Waals surface area contributed by atoms with E-state index in [2.05, 4.69) is 20.0 Å². The summed E-state index contributed by atoms with van der Waals surface area (Å²) in [6, 6.07) is 8.94. The summed E-state index contributed by atoms with van der Waals surface area (Å²) in [5.74, 6) is 0.581. The van der Waals surface area contributed by atoms with Crippen LogP contribution in [0.15, 0.2) is 41.2 Å². The van der Waals surface area contributed by atoms with E-state index in [0.29, 0.717) is 35.6 Å². The molecule has 0 aliphatic carbocycles. The van der Waals surface area contributed by atoms with Gasteiger partial charge < -0.3 is 14.2 Å². The van der Waals surface area contributed by atoms with Crippen molar-refractivity contribution < 1.29 is 14.1 Å².